The highest BCUT2D eigenvalue weighted by Crippen LogP contribution is 2.35. The summed E-state index contributed by atoms with van der Waals surface area (Å²) in [6.45, 7) is 3.17. The molecule has 0 spiro atoms. The lowest BCUT2D eigenvalue weighted by atomic mass is 10.2. The molecule has 0 fully saturated rings. The molecular weight excluding hydrogens is 664 g/mol. The SMILES string of the molecule is CCOC(=O)[C@@H](C)Oc1c(C=Nn2c(-c3cc4cc(Br)ccc4o3)nc3ccccc3c2=O)cc(Br)cc1[N+](=O)[O-]. The fourth-order valence-corrected chi connectivity index (χ4v) is 4.92. The molecule has 0 saturated carbocycles. The molecule has 0 aliphatic carbocycles. The minimum atomic E-state index is -1.16. The quantitative estimate of drug-likeness (QED) is 0.0786. The van der Waals surface area contributed by atoms with Gasteiger partial charge in [0.15, 0.2) is 11.9 Å². The first-order chi connectivity index (χ1) is 19.7. The van der Waals surface area contributed by atoms with Crippen LogP contribution in [0, 0.1) is 10.1 Å². The first-order valence-electron chi connectivity index (χ1n) is 12.2. The average molecular weight is 684 g/mol. The van der Waals surface area contributed by atoms with Gasteiger partial charge in [0.2, 0.25) is 11.6 Å². The number of nitro groups is 1. The van der Waals surface area contributed by atoms with E-state index < -0.39 is 28.2 Å². The molecule has 0 aliphatic rings. The average Bonchev–Trinajstić information content (AvgIpc) is 3.36. The summed E-state index contributed by atoms with van der Waals surface area (Å²) >= 11 is 6.71. The van der Waals surface area contributed by atoms with Gasteiger partial charge in [-0.1, -0.05) is 44.0 Å². The van der Waals surface area contributed by atoms with Gasteiger partial charge in [-0.15, -0.1) is 0 Å². The summed E-state index contributed by atoms with van der Waals surface area (Å²) in [5, 5.41) is 17.4. The summed E-state index contributed by atoms with van der Waals surface area (Å²) in [7, 11) is 0. The van der Waals surface area contributed by atoms with Gasteiger partial charge < -0.3 is 13.9 Å². The van der Waals surface area contributed by atoms with Crippen LogP contribution < -0.4 is 10.3 Å². The van der Waals surface area contributed by atoms with Gasteiger partial charge in [-0.2, -0.15) is 9.78 Å². The van der Waals surface area contributed by atoms with Crippen LogP contribution >= 0.6 is 31.9 Å². The highest BCUT2D eigenvalue weighted by molar-refractivity contribution is 9.10. The molecule has 0 radical (unpaired) electrons. The maximum Gasteiger partial charge on any atom is 0.347 e. The van der Waals surface area contributed by atoms with Crippen molar-refractivity contribution >= 4 is 71.6 Å². The van der Waals surface area contributed by atoms with Crippen molar-refractivity contribution in [1.29, 1.82) is 0 Å². The minimum Gasteiger partial charge on any atom is -0.471 e. The third-order valence-corrected chi connectivity index (χ3v) is 6.89. The molecule has 0 amide bonds. The first kappa shape index (κ1) is 28.2. The Morgan fingerprint density at radius 3 is 2.71 bits per heavy atom. The number of halogens is 2. The maximum atomic E-state index is 13.6. The smallest absolute Gasteiger partial charge is 0.347 e. The Morgan fingerprint density at radius 1 is 1.17 bits per heavy atom. The van der Waals surface area contributed by atoms with Crippen LogP contribution in [0.5, 0.6) is 5.75 Å². The number of nitro benzene ring substituents is 1. The Morgan fingerprint density at radius 2 is 1.95 bits per heavy atom. The molecule has 208 valence electrons. The van der Waals surface area contributed by atoms with Gasteiger partial charge in [-0.25, -0.2) is 9.78 Å². The van der Waals surface area contributed by atoms with E-state index in [1.807, 2.05) is 12.1 Å². The minimum absolute atomic E-state index is 0.114. The number of carbonyl (C=O) groups excluding carboxylic acids is 1. The number of nitrogens with zero attached hydrogens (tertiary/aromatic N) is 4. The number of carbonyl (C=O) groups is 1. The third-order valence-electron chi connectivity index (χ3n) is 5.94. The number of rotatable bonds is 8. The molecule has 5 rings (SSSR count). The van der Waals surface area contributed by atoms with Gasteiger partial charge in [0.25, 0.3) is 5.56 Å². The summed E-state index contributed by atoms with van der Waals surface area (Å²) in [5.41, 5.74) is 0.236. The second kappa shape index (κ2) is 11.6. The molecule has 0 unspecified atom stereocenters. The van der Waals surface area contributed by atoms with E-state index in [1.54, 1.807) is 43.3 Å². The molecule has 0 saturated heterocycles. The maximum absolute atomic E-state index is 13.6. The predicted molar refractivity (Wildman–Crippen MR) is 159 cm³/mol. The van der Waals surface area contributed by atoms with Crippen molar-refractivity contribution < 1.29 is 23.6 Å². The standard InChI is InChI=1S/C28H20Br2N4O7/c1-3-39-28(36)15(2)40-25-17(11-19(30)13-22(25)34(37)38)14-31-33-26(32-21-7-5-4-6-20(21)27(33)35)24-12-16-10-18(29)8-9-23(16)41-24/h4-15H,3H2,1-2H3/t15-/m1/s1. The molecule has 0 bridgehead atoms. The number of aromatic nitrogens is 2. The molecule has 13 heteroatoms. The third kappa shape index (κ3) is 5.77. The van der Waals surface area contributed by atoms with Gasteiger partial charge in [-0.3, -0.25) is 14.9 Å². The van der Waals surface area contributed by atoms with Crippen molar-refractivity contribution in [2.45, 2.75) is 20.0 Å². The number of furan rings is 1. The molecule has 5 aromatic rings. The van der Waals surface area contributed by atoms with Crippen LogP contribution in [-0.4, -0.2) is 39.5 Å². The predicted octanol–water partition coefficient (Wildman–Crippen LogP) is 6.46. The van der Waals surface area contributed by atoms with E-state index in [2.05, 4.69) is 41.9 Å². The monoisotopic (exact) mass is 682 g/mol. The van der Waals surface area contributed by atoms with E-state index in [0.717, 1.165) is 14.5 Å². The number of esters is 1. The van der Waals surface area contributed by atoms with Crippen molar-refractivity contribution in [3.8, 4) is 17.3 Å². The second-order valence-corrected chi connectivity index (χ2v) is 10.6. The summed E-state index contributed by atoms with van der Waals surface area (Å²) in [6, 6.07) is 16.8. The van der Waals surface area contributed by atoms with Crippen molar-refractivity contribution in [1.82, 2.24) is 9.66 Å². The molecule has 41 heavy (non-hydrogen) atoms. The Kier molecular flexibility index (Phi) is 7.99. The lowest BCUT2D eigenvalue weighted by Gasteiger charge is -2.15. The van der Waals surface area contributed by atoms with Crippen molar-refractivity contribution in [3.63, 3.8) is 0 Å². The zero-order valence-corrected chi connectivity index (χ0v) is 24.7. The molecule has 11 nitrogen and oxygen atoms in total. The number of fused-ring (bicyclic) bond motifs is 2. The lowest BCUT2D eigenvalue weighted by Crippen LogP contribution is -2.27. The van der Waals surface area contributed by atoms with Gasteiger partial charge >= 0.3 is 11.7 Å². The Bertz CT molecular complexity index is 1920. The van der Waals surface area contributed by atoms with Crippen LogP contribution in [0.3, 0.4) is 0 Å². The fourth-order valence-electron chi connectivity index (χ4n) is 4.08. The van der Waals surface area contributed by atoms with Crippen LogP contribution in [0.2, 0.25) is 0 Å². The number of para-hydroxylation sites is 1. The lowest BCUT2D eigenvalue weighted by molar-refractivity contribution is -0.386. The van der Waals surface area contributed by atoms with Crippen molar-refractivity contribution in [2.24, 2.45) is 5.10 Å². The van der Waals surface area contributed by atoms with Crippen LogP contribution in [0.4, 0.5) is 5.69 Å². The number of ether oxygens (including phenoxy) is 2. The highest BCUT2D eigenvalue weighted by atomic mass is 79.9. The molecule has 2 aromatic heterocycles. The fraction of sp³-hybridized carbons (Fsp3) is 0.143. The number of hydrogen-bond donors (Lipinski definition) is 0. The molecule has 3 aromatic carbocycles. The van der Waals surface area contributed by atoms with Gasteiger partial charge in [0, 0.05) is 26.0 Å². The van der Waals surface area contributed by atoms with Gasteiger partial charge in [-0.05, 0) is 56.3 Å². The molecule has 2 heterocycles. The topological polar surface area (TPSA) is 139 Å². The zero-order chi connectivity index (χ0) is 29.3. The van der Waals surface area contributed by atoms with Crippen LogP contribution in [0.25, 0.3) is 33.5 Å². The summed E-state index contributed by atoms with van der Waals surface area (Å²) in [6.07, 6.45) is 0.0726. The number of hydrogen-bond acceptors (Lipinski definition) is 9. The van der Waals surface area contributed by atoms with E-state index in [4.69, 9.17) is 13.9 Å². The normalized spacial score (nSPS) is 12.2. The first-order valence-corrected chi connectivity index (χ1v) is 13.8. The van der Waals surface area contributed by atoms with Crippen LogP contribution in [-0.2, 0) is 9.53 Å². The van der Waals surface area contributed by atoms with E-state index in [-0.39, 0.29) is 29.5 Å². The van der Waals surface area contributed by atoms with Crippen LogP contribution in [0.15, 0.2) is 83.9 Å². The Labute approximate surface area is 248 Å². The van der Waals surface area contributed by atoms with E-state index in [1.165, 1.54) is 25.3 Å². The Hall–Kier alpha value is -4.36. The Balaban J connectivity index is 1.69. The highest BCUT2D eigenvalue weighted by Gasteiger charge is 2.26. The summed E-state index contributed by atoms with van der Waals surface area (Å²) in [5.74, 6) is -0.518. The van der Waals surface area contributed by atoms with Crippen molar-refractivity contribution in [2.75, 3.05) is 6.61 Å². The van der Waals surface area contributed by atoms with E-state index in [9.17, 15) is 19.7 Å². The van der Waals surface area contributed by atoms with E-state index in [0.29, 0.717) is 21.0 Å². The van der Waals surface area contributed by atoms with Gasteiger partial charge in [0.05, 0.1) is 28.6 Å². The molecule has 0 aliphatic heterocycles. The summed E-state index contributed by atoms with van der Waals surface area (Å²) < 4.78 is 19.0. The largest absolute Gasteiger partial charge is 0.471 e. The summed E-state index contributed by atoms with van der Waals surface area (Å²) in [4.78, 5) is 41.7. The zero-order valence-electron chi connectivity index (χ0n) is 21.5. The molecule has 0 N–H and O–H groups in total. The second-order valence-electron chi connectivity index (χ2n) is 8.72. The number of benzene rings is 3. The van der Waals surface area contributed by atoms with Crippen molar-refractivity contribution in [3.05, 3.63) is 95.6 Å². The van der Waals surface area contributed by atoms with Crippen LogP contribution in [0.1, 0.15) is 19.4 Å². The van der Waals surface area contributed by atoms with E-state index >= 15 is 0 Å². The molecule has 1 atom stereocenters. The van der Waals surface area contributed by atoms with Gasteiger partial charge in [0.1, 0.15) is 5.58 Å². The molecular formula is C28H20Br2N4O7.